The van der Waals surface area contributed by atoms with Crippen LogP contribution in [0.4, 0.5) is 0 Å². The normalized spacial score (nSPS) is 23.3. The fourth-order valence-electron chi connectivity index (χ4n) is 1.35. The molecule has 1 aromatic heterocycles. The lowest BCUT2D eigenvalue weighted by Gasteiger charge is -2.16. The Morgan fingerprint density at radius 1 is 1.73 bits per heavy atom. The highest BCUT2D eigenvalue weighted by Crippen LogP contribution is 2.18. The van der Waals surface area contributed by atoms with Crippen molar-refractivity contribution in [3.8, 4) is 0 Å². The smallest absolute Gasteiger partial charge is 0.147 e. The van der Waals surface area contributed by atoms with E-state index in [4.69, 9.17) is 0 Å². The average molecular weight is 170 g/mol. The van der Waals surface area contributed by atoms with Crippen LogP contribution >= 0.6 is 0 Å². The lowest BCUT2D eigenvalue weighted by Crippen LogP contribution is -2.20. The van der Waals surface area contributed by atoms with Gasteiger partial charge in [-0.1, -0.05) is 0 Å². The molecule has 1 aliphatic heterocycles. The Bertz CT molecular complexity index is 271. The van der Waals surface area contributed by atoms with E-state index in [0.717, 1.165) is 17.9 Å². The summed E-state index contributed by atoms with van der Waals surface area (Å²) in [5.74, 6) is 1.49. The Morgan fingerprint density at radius 3 is 3.36 bits per heavy atom. The summed E-state index contributed by atoms with van der Waals surface area (Å²) in [5, 5.41) is 4.11. The highest BCUT2D eigenvalue weighted by molar-refractivity contribution is 7.90. The van der Waals surface area contributed by atoms with Gasteiger partial charge in [0.15, 0.2) is 0 Å². The number of aromatic nitrogens is 2. The number of aryl methyl sites for hydroxylation is 2. The van der Waals surface area contributed by atoms with Crippen molar-refractivity contribution in [2.24, 2.45) is 7.05 Å². The van der Waals surface area contributed by atoms with E-state index in [1.165, 1.54) is 5.56 Å². The fraction of sp³-hybridized carbons (Fsp3) is 0.571. The molecular formula is C7H10N2OS. The number of hydrogen-bond acceptors (Lipinski definition) is 2. The summed E-state index contributed by atoms with van der Waals surface area (Å²) >= 11 is -0.651. The molecule has 0 aromatic carbocycles. The maximum Gasteiger partial charge on any atom is 0.147 e. The van der Waals surface area contributed by atoms with Crippen LogP contribution in [-0.2, 0) is 30.4 Å². The lowest BCUT2D eigenvalue weighted by molar-refractivity contribution is 0.586. The molecule has 0 fully saturated rings. The van der Waals surface area contributed by atoms with Gasteiger partial charge >= 0.3 is 0 Å². The first-order valence-electron chi connectivity index (χ1n) is 3.62. The van der Waals surface area contributed by atoms with E-state index in [9.17, 15) is 4.55 Å². The molecule has 1 aromatic rings. The van der Waals surface area contributed by atoms with Crippen molar-refractivity contribution in [3.63, 3.8) is 0 Å². The molecule has 0 saturated carbocycles. The molecule has 1 atom stereocenters. The third kappa shape index (κ3) is 1.16. The first-order valence-corrected chi connectivity index (χ1v) is 5.11. The predicted octanol–water partition coefficient (Wildman–Crippen LogP) is 0.225. The third-order valence-electron chi connectivity index (χ3n) is 2.04. The van der Waals surface area contributed by atoms with Crippen LogP contribution in [0.15, 0.2) is 6.20 Å². The molecule has 60 valence electrons. The molecule has 11 heavy (non-hydrogen) atoms. The molecular weight excluding hydrogens is 160 g/mol. The standard InChI is InChI=1S/C7H10N2OS/c1-9-7-5-11(10)3-2-6(7)4-8-9/h4H,2-3,5H2,1H3. The largest absolute Gasteiger partial charge is 0.616 e. The molecule has 0 radical (unpaired) electrons. The first kappa shape index (κ1) is 7.18. The Hall–Kier alpha value is -0.480. The summed E-state index contributed by atoms with van der Waals surface area (Å²) in [6.07, 6.45) is 2.81. The quantitative estimate of drug-likeness (QED) is 0.523. The Kier molecular flexibility index (Phi) is 1.65. The SMILES string of the molecule is Cn1ncc2c1C[S+]([O-])CC2. The second kappa shape index (κ2) is 2.53. The highest BCUT2D eigenvalue weighted by Gasteiger charge is 2.21. The average Bonchev–Trinajstić information content (AvgIpc) is 2.33. The fourth-order valence-corrected chi connectivity index (χ4v) is 2.62. The zero-order chi connectivity index (χ0) is 7.84. The van der Waals surface area contributed by atoms with E-state index in [1.807, 2.05) is 17.9 Å². The summed E-state index contributed by atoms with van der Waals surface area (Å²) in [6, 6.07) is 0. The van der Waals surface area contributed by atoms with Gasteiger partial charge in [0.1, 0.15) is 11.5 Å². The van der Waals surface area contributed by atoms with Gasteiger partial charge < -0.3 is 4.55 Å². The minimum atomic E-state index is -0.651. The molecule has 4 heteroatoms. The van der Waals surface area contributed by atoms with Gasteiger partial charge in [-0.25, -0.2) is 0 Å². The van der Waals surface area contributed by atoms with Gasteiger partial charge in [-0.05, 0) is 11.2 Å². The molecule has 3 nitrogen and oxygen atoms in total. The Morgan fingerprint density at radius 2 is 2.55 bits per heavy atom. The highest BCUT2D eigenvalue weighted by atomic mass is 32.2. The molecule has 0 spiro atoms. The summed E-state index contributed by atoms with van der Waals surface area (Å²) in [7, 11) is 1.90. The molecule has 0 amide bonds. The molecule has 2 rings (SSSR count). The van der Waals surface area contributed by atoms with Gasteiger partial charge in [0.25, 0.3) is 0 Å². The van der Waals surface area contributed by atoms with Crippen LogP contribution in [0.25, 0.3) is 0 Å². The van der Waals surface area contributed by atoms with Crippen LogP contribution in [0.5, 0.6) is 0 Å². The Balaban J connectivity index is 2.37. The van der Waals surface area contributed by atoms with E-state index >= 15 is 0 Å². The topological polar surface area (TPSA) is 40.9 Å². The minimum absolute atomic E-state index is 0.651. The maximum atomic E-state index is 11.1. The van der Waals surface area contributed by atoms with Gasteiger partial charge in [0.05, 0.1) is 11.9 Å². The van der Waals surface area contributed by atoms with E-state index in [1.54, 1.807) is 0 Å². The van der Waals surface area contributed by atoms with E-state index < -0.39 is 11.2 Å². The second-order valence-corrected chi connectivity index (χ2v) is 4.35. The van der Waals surface area contributed by atoms with Crippen LogP contribution < -0.4 is 0 Å². The van der Waals surface area contributed by atoms with Gasteiger partial charge in [-0.15, -0.1) is 0 Å². The molecule has 0 N–H and O–H groups in total. The Labute approximate surface area is 68.6 Å². The molecule has 1 aliphatic rings. The number of rotatable bonds is 0. The summed E-state index contributed by atoms with van der Waals surface area (Å²) in [6.45, 7) is 0. The van der Waals surface area contributed by atoms with Crippen molar-refractivity contribution in [1.82, 2.24) is 9.78 Å². The van der Waals surface area contributed by atoms with Gasteiger partial charge in [-0.2, -0.15) is 5.10 Å². The maximum absolute atomic E-state index is 11.1. The molecule has 2 heterocycles. The van der Waals surface area contributed by atoms with Gasteiger partial charge in [0.2, 0.25) is 0 Å². The van der Waals surface area contributed by atoms with Crippen molar-refractivity contribution in [3.05, 3.63) is 17.5 Å². The van der Waals surface area contributed by atoms with Crippen LogP contribution in [-0.4, -0.2) is 20.1 Å². The summed E-state index contributed by atoms with van der Waals surface area (Å²) < 4.78 is 13.0. The zero-order valence-corrected chi connectivity index (χ0v) is 7.23. The van der Waals surface area contributed by atoms with Crippen molar-refractivity contribution < 1.29 is 4.55 Å². The van der Waals surface area contributed by atoms with Crippen LogP contribution in [0, 0.1) is 0 Å². The molecule has 0 bridgehead atoms. The summed E-state index contributed by atoms with van der Waals surface area (Å²) in [4.78, 5) is 0. The number of fused-ring (bicyclic) bond motifs is 1. The van der Waals surface area contributed by atoms with E-state index in [0.29, 0.717) is 5.75 Å². The molecule has 1 unspecified atom stereocenters. The first-order chi connectivity index (χ1) is 5.27. The van der Waals surface area contributed by atoms with Crippen molar-refractivity contribution in [1.29, 1.82) is 0 Å². The van der Waals surface area contributed by atoms with Crippen molar-refractivity contribution in [2.75, 3.05) is 5.75 Å². The minimum Gasteiger partial charge on any atom is -0.616 e. The van der Waals surface area contributed by atoms with E-state index in [2.05, 4.69) is 5.10 Å². The van der Waals surface area contributed by atoms with Crippen LogP contribution in [0.1, 0.15) is 11.3 Å². The third-order valence-corrected chi connectivity index (χ3v) is 3.30. The van der Waals surface area contributed by atoms with Crippen LogP contribution in [0.3, 0.4) is 0 Å². The van der Waals surface area contributed by atoms with E-state index in [-0.39, 0.29) is 0 Å². The number of nitrogens with zero attached hydrogens (tertiary/aromatic N) is 2. The van der Waals surface area contributed by atoms with Gasteiger partial charge in [-0.3, -0.25) is 4.68 Å². The van der Waals surface area contributed by atoms with Crippen molar-refractivity contribution in [2.45, 2.75) is 12.2 Å². The zero-order valence-electron chi connectivity index (χ0n) is 6.41. The lowest BCUT2D eigenvalue weighted by atomic mass is 10.2. The predicted molar refractivity (Wildman–Crippen MR) is 43.6 cm³/mol. The number of hydrogen-bond donors (Lipinski definition) is 0. The monoisotopic (exact) mass is 170 g/mol. The van der Waals surface area contributed by atoms with Crippen LogP contribution in [0.2, 0.25) is 0 Å². The molecule has 0 saturated heterocycles. The molecule has 0 aliphatic carbocycles. The second-order valence-electron chi connectivity index (χ2n) is 2.78. The van der Waals surface area contributed by atoms with Crippen molar-refractivity contribution >= 4 is 11.2 Å². The summed E-state index contributed by atoms with van der Waals surface area (Å²) in [5.41, 5.74) is 2.42. The van der Waals surface area contributed by atoms with Gasteiger partial charge in [0, 0.05) is 19.0 Å².